The number of rotatable bonds is 2. The van der Waals surface area contributed by atoms with Gasteiger partial charge in [-0.25, -0.2) is 0 Å². The van der Waals surface area contributed by atoms with E-state index in [1.165, 1.54) is 5.56 Å². The van der Waals surface area contributed by atoms with E-state index in [0.29, 0.717) is 16.3 Å². The number of carbonyl (C=O) groups is 1. The molecule has 3 nitrogen and oxygen atoms in total. The van der Waals surface area contributed by atoms with E-state index >= 15 is 0 Å². The van der Waals surface area contributed by atoms with Crippen molar-refractivity contribution in [3.05, 3.63) is 57.0 Å². The Kier molecular flexibility index (Phi) is 3.68. The number of fused-ring (bicyclic) bond motifs is 1. The van der Waals surface area contributed by atoms with E-state index in [0.717, 1.165) is 23.1 Å². The van der Waals surface area contributed by atoms with Crippen molar-refractivity contribution in [1.82, 2.24) is 0 Å². The van der Waals surface area contributed by atoms with E-state index in [1.54, 1.807) is 18.2 Å². The molecule has 3 rings (SSSR count). The van der Waals surface area contributed by atoms with Gasteiger partial charge in [-0.3, -0.25) is 4.79 Å². The van der Waals surface area contributed by atoms with Gasteiger partial charge in [0, 0.05) is 28.0 Å². The predicted octanol–water partition coefficient (Wildman–Crippen LogP) is 4.32. The average Bonchev–Trinajstić information content (AvgIpc) is 2.90. The summed E-state index contributed by atoms with van der Waals surface area (Å²) < 4.78 is 0.759. The summed E-state index contributed by atoms with van der Waals surface area (Å²) in [5.74, 6) is -0.117. The van der Waals surface area contributed by atoms with Crippen LogP contribution in [0.1, 0.15) is 15.9 Å². The van der Waals surface area contributed by atoms with Crippen molar-refractivity contribution in [2.24, 2.45) is 0 Å². The Morgan fingerprint density at radius 3 is 2.90 bits per heavy atom. The summed E-state index contributed by atoms with van der Waals surface area (Å²) >= 11 is 9.27. The molecular formula is C15H12BrClN2O. The van der Waals surface area contributed by atoms with Gasteiger partial charge in [-0.15, -0.1) is 0 Å². The Hall–Kier alpha value is -1.52. The molecule has 0 aromatic heterocycles. The van der Waals surface area contributed by atoms with Gasteiger partial charge in [0.2, 0.25) is 0 Å². The smallest absolute Gasteiger partial charge is 0.255 e. The van der Waals surface area contributed by atoms with Crippen LogP contribution in [0.4, 0.5) is 11.4 Å². The molecule has 2 aromatic carbocycles. The van der Waals surface area contributed by atoms with Crippen LogP contribution in [0.15, 0.2) is 40.9 Å². The molecule has 2 N–H and O–H groups in total. The van der Waals surface area contributed by atoms with E-state index in [4.69, 9.17) is 11.6 Å². The molecular weight excluding hydrogens is 340 g/mol. The topological polar surface area (TPSA) is 41.1 Å². The lowest BCUT2D eigenvalue weighted by Crippen LogP contribution is -2.12. The molecule has 0 saturated carbocycles. The third kappa shape index (κ3) is 2.67. The number of halogens is 2. The Labute approximate surface area is 130 Å². The van der Waals surface area contributed by atoms with E-state index in [2.05, 4.69) is 26.6 Å². The van der Waals surface area contributed by atoms with Gasteiger partial charge in [0.15, 0.2) is 0 Å². The normalized spacial score (nSPS) is 12.7. The fourth-order valence-electron chi connectivity index (χ4n) is 2.22. The number of hydrogen-bond acceptors (Lipinski definition) is 2. The molecule has 0 aliphatic carbocycles. The van der Waals surface area contributed by atoms with Crippen molar-refractivity contribution in [2.75, 3.05) is 17.2 Å². The van der Waals surface area contributed by atoms with Gasteiger partial charge >= 0.3 is 0 Å². The van der Waals surface area contributed by atoms with Crippen LogP contribution < -0.4 is 10.6 Å². The summed E-state index contributed by atoms with van der Waals surface area (Å²) in [6.45, 7) is 0.935. The Morgan fingerprint density at radius 2 is 2.10 bits per heavy atom. The van der Waals surface area contributed by atoms with Crippen molar-refractivity contribution in [2.45, 2.75) is 6.42 Å². The molecule has 1 amide bonds. The Morgan fingerprint density at radius 1 is 1.25 bits per heavy atom. The molecule has 1 heterocycles. The first kappa shape index (κ1) is 13.5. The lowest BCUT2D eigenvalue weighted by atomic mass is 10.1. The largest absolute Gasteiger partial charge is 0.384 e. The van der Waals surface area contributed by atoms with E-state index in [1.807, 2.05) is 18.2 Å². The molecule has 1 aliphatic rings. The number of anilines is 2. The lowest BCUT2D eigenvalue weighted by molar-refractivity contribution is 0.102. The van der Waals surface area contributed by atoms with Crippen LogP contribution >= 0.6 is 27.5 Å². The van der Waals surface area contributed by atoms with Gasteiger partial charge in [0.25, 0.3) is 5.91 Å². The SMILES string of the molecule is O=C(Nc1ccc(Cl)c(Br)c1)c1ccc2c(c1)CCN2. The van der Waals surface area contributed by atoms with Gasteiger partial charge in [-0.2, -0.15) is 0 Å². The van der Waals surface area contributed by atoms with Crippen molar-refractivity contribution >= 4 is 44.8 Å². The summed E-state index contributed by atoms with van der Waals surface area (Å²) in [6.07, 6.45) is 0.961. The highest BCUT2D eigenvalue weighted by Crippen LogP contribution is 2.27. The van der Waals surface area contributed by atoms with Gasteiger partial charge in [-0.1, -0.05) is 11.6 Å². The van der Waals surface area contributed by atoms with Gasteiger partial charge in [0.1, 0.15) is 0 Å². The summed E-state index contributed by atoms with van der Waals surface area (Å²) in [5.41, 5.74) is 3.69. The van der Waals surface area contributed by atoms with Crippen LogP contribution in [0, 0.1) is 0 Å². The van der Waals surface area contributed by atoms with Crippen molar-refractivity contribution < 1.29 is 4.79 Å². The van der Waals surface area contributed by atoms with Gasteiger partial charge < -0.3 is 10.6 Å². The maximum atomic E-state index is 12.2. The molecule has 20 heavy (non-hydrogen) atoms. The highest BCUT2D eigenvalue weighted by Gasteiger charge is 2.13. The second kappa shape index (κ2) is 5.46. The summed E-state index contributed by atoms with van der Waals surface area (Å²) in [4.78, 5) is 12.2. The highest BCUT2D eigenvalue weighted by molar-refractivity contribution is 9.10. The van der Waals surface area contributed by atoms with Crippen LogP contribution in [0.5, 0.6) is 0 Å². The number of hydrogen-bond donors (Lipinski definition) is 2. The molecule has 0 saturated heterocycles. The van der Waals surface area contributed by atoms with Gasteiger partial charge in [0.05, 0.1) is 5.02 Å². The first-order valence-corrected chi connectivity index (χ1v) is 7.44. The maximum absolute atomic E-state index is 12.2. The Balaban J connectivity index is 1.80. The van der Waals surface area contributed by atoms with E-state index < -0.39 is 0 Å². The van der Waals surface area contributed by atoms with Crippen LogP contribution in [0.25, 0.3) is 0 Å². The lowest BCUT2D eigenvalue weighted by Gasteiger charge is -2.08. The zero-order chi connectivity index (χ0) is 14.1. The molecule has 0 radical (unpaired) electrons. The molecule has 0 bridgehead atoms. The minimum Gasteiger partial charge on any atom is -0.384 e. The molecule has 102 valence electrons. The predicted molar refractivity (Wildman–Crippen MR) is 85.7 cm³/mol. The average molecular weight is 352 g/mol. The van der Waals surface area contributed by atoms with Crippen LogP contribution in [-0.4, -0.2) is 12.5 Å². The minimum atomic E-state index is -0.117. The molecule has 1 aliphatic heterocycles. The summed E-state index contributed by atoms with van der Waals surface area (Å²) in [7, 11) is 0. The maximum Gasteiger partial charge on any atom is 0.255 e. The molecule has 2 aromatic rings. The number of amides is 1. The zero-order valence-electron chi connectivity index (χ0n) is 10.5. The molecule has 0 spiro atoms. The first-order valence-electron chi connectivity index (χ1n) is 6.27. The second-order valence-electron chi connectivity index (χ2n) is 4.63. The number of benzene rings is 2. The number of nitrogens with one attached hydrogen (secondary N) is 2. The van der Waals surface area contributed by atoms with Crippen molar-refractivity contribution in [1.29, 1.82) is 0 Å². The van der Waals surface area contributed by atoms with Crippen LogP contribution in [0.3, 0.4) is 0 Å². The van der Waals surface area contributed by atoms with Crippen molar-refractivity contribution in [3.8, 4) is 0 Å². The highest BCUT2D eigenvalue weighted by atomic mass is 79.9. The van der Waals surface area contributed by atoms with Crippen molar-refractivity contribution in [3.63, 3.8) is 0 Å². The second-order valence-corrected chi connectivity index (χ2v) is 5.89. The first-order chi connectivity index (χ1) is 9.63. The quantitative estimate of drug-likeness (QED) is 0.846. The number of carbonyl (C=O) groups excluding carboxylic acids is 1. The molecule has 0 atom stereocenters. The van der Waals surface area contributed by atoms with Crippen LogP contribution in [-0.2, 0) is 6.42 Å². The third-order valence-electron chi connectivity index (χ3n) is 3.25. The zero-order valence-corrected chi connectivity index (χ0v) is 12.9. The third-order valence-corrected chi connectivity index (χ3v) is 4.47. The fourth-order valence-corrected chi connectivity index (χ4v) is 2.72. The van der Waals surface area contributed by atoms with Crippen LogP contribution in [0.2, 0.25) is 5.02 Å². The van der Waals surface area contributed by atoms with Gasteiger partial charge in [-0.05, 0) is 64.3 Å². The minimum absolute atomic E-state index is 0.117. The van der Waals surface area contributed by atoms with E-state index in [9.17, 15) is 4.79 Å². The molecule has 5 heteroatoms. The molecule has 0 fully saturated rings. The monoisotopic (exact) mass is 350 g/mol. The van der Waals surface area contributed by atoms with E-state index in [-0.39, 0.29) is 5.91 Å². The molecule has 0 unspecified atom stereocenters. The summed E-state index contributed by atoms with van der Waals surface area (Å²) in [5, 5.41) is 6.76. The Bertz CT molecular complexity index is 688. The standard InChI is InChI=1S/C15H12BrClN2O/c16-12-8-11(2-3-13(12)17)19-15(20)10-1-4-14-9(7-10)5-6-18-14/h1-4,7-8,18H,5-6H2,(H,19,20). The fraction of sp³-hybridized carbons (Fsp3) is 0.133. The summed E-state index contributed by atoms with van der Waals surface area (Å²) in [6, 6.07) is 11.0.